The minimum absolute atomic E-state index is 0.00139. The first-order chi connectivity index (χ1) is 10.7. The molecule has 1 unspecified atom stereocenters. The summed E-state index contributed by atoms with van der Waals surface area (Å²) in [5.41, 5.74) is 2.35. The lowest BCUT2D eigenvalue weighted by Crippen LogP contribution is -2.45. The zero-order chi connectivity index (χ0) is 16.0. The van der Waals surface area contributed by atoms with Crippen molar-refractivity contribution in [1.29, 1.82) is 0 Å². The van der Waals surface area contributed by atoms with Crippen LogP contribution in [-0.4, -0.2) is 30.7 Å². The van der Waals surface area contributed by atoms with E-state index in [0.717, 1.165) is 37.8 Å². The smallest absolute Gasteiger partial charge is 0.241 e. The SMILES string of the molecule is CCC(CC)(CCO)CNC(=O)C1NCCc2ccccc21. The Bertz CT molecular complexity index is 498. The van der Waals surface area contributed by atoms with E-state index in [9.17, 15) is 9.90 Å². The van der Waals surface area contributed by atoms with Gasteiger partial charge in [-0.25, -0.2) is 0 Å². The maximum absolute atomic E-state index is 12.6. The molecule has 0 fully saturated rings. The number of hydrogen-bond acceptors (Lipinski definition) is 3. The lowest BCUT2D eigenvalue weighted by atomic mass is 9.79. The van der Waals surface area contributed by atoms with Gasteiger partial charge in [0.25, 0.3) is 0 Å². The van der Waals surface area contributed by atoms with Crippen LogP contribution < -0.4 is 10.6 Å². The number of rotatable bonds is 7. The lowest BCUT2D eigenvalue weighted by Gasteiger charge is -2.33. The van der Waals surface area contributed by atoms with Crippen LogP contribution >= 0.6 is 0 Å². The molecule has 0 aromatic heterocycles. The average Bonchev–Trinajstić information content (AvgIpc) is 2.58. The molecular weight excluding hydrogens is 276 g/mol. The number of amides is 1. The highest BCUT2D eigenvalue weighted by atomic mass is 16.3. The van der Waals surface area contributed by atoms with Crippen LogP contribution in [0.5, 0.6) is 0 Å². The Kier molecular flexibility index (Phi) is 5.98. The minimum atomic E-state index is -0.259. The Labute approximate surface area is 133 Å². The van der Waals surface area contributed by atoms with Gasteiger partial charge in [-0.2, -0.15) is 0 Å². The van der Waals surface area contributed by atoms with Crippen LogP contribution in [0.4, 0.5) is 0 Å². The predicted molar refractivity (Wildman–Crippen MR) is 88.6 cm³/mol. The van der Waals surface area contributed by atoms with Gasteiger partial charge in [-0.1, -0.05) is 38.1 Å². The van der Waals surface area contributed by atoms with Gasteiger partial charge in [0.2, 0.25) is 5.91 Å². The fourth-order valence-electron chi connectivity index (χ4n) is 3.29. The molecule has 1 heterocycles. The van der Waals surface area contributed by atoms with Crippen molar-refractivity contribution < 1.29 is 9.90 Å². The molecule has 0 aliphatic carbocycles. The molecule has 0 radical (unpaired) electrons. The Balaban J connectivity index is 2.04. The van der Waals surface area contributed by atoms with Gasteiger partial charge in [-0.15, -0.1) is 0 Å². The Hall–Kier alpha value is -1.39. The van der Waals surface area contributed by atoms with Crippen molar-refractivity contribution in [3.63, 3.8) is 0 Å². The number of aliphatic hydroxyl groups is 1. The van der Waals surface area contributed by atoms with E-state index < -0.39 is 0 Å². The molecule has 1 aliphatic rings. The van der Waals surface area contributed by atoms with E-state index in [2.05, 4.69) is 30.5 Å². The maximum atomic E-state index is 12.6. The first kappa shape index (κ1) is 17.0. The molecule has 4 nitrogen and oxygen atoms in total. The first-order valence-electron chi connectivity index (χ1n) is 8.35. The number of benzene rings is 1. The summed E-state index contributed by atoms with van der Waals surface area (Å²) in [6.07, 6.45) is 3.62. The second-order valence-corrected chi connectivity index (χ2v) is 6.23. The van der Waals surface area contributed by atoms with E-state index in [0.29, 0.717) is 6.54 Å². The molecule has 1 aliphatic heterocycles. The predicted octanol–water partition coefficient (Wildman–Crippen LogP) is 2.18. The summed E-state index contributed by atoms with van der Waals surface area (Å²) in [6.45, 7) is 5.87. The van der Waals surface area contributed by atoms with Crippen molar-refractivity contribution in [2.24, 2.45) is 5.41 Å². The number of aliphatic hydroxyl groups excluding tert-OH is 1. The summed E-state index contributed by atoms with van der Waals surface area (Å²) in [6, 6.07) is 7.89. The fraction of sp³-hybridized carbons (Fsp3) is 0.611. The average molecular weight is 304 g/mol. The molecule has 1 atom stereocenters. The van der Waals surface area contributed by atoms with E-state index in [1.807, 2.05) is 18.2 Å². The van der Waals surface area contributed by atoms with Gasteiger partial charge in [0.1, 0.15) is 6.04 Å². The number of fused-ring (bicyclic) bond motifs is 1. The van der Waals surface area contributed by atoms with Gasteiger partial charge in [0, 0.05) is 19.7 Å². The van der Waals surface area contributed by atoms with Gasteiger partial charge >= 0.3 is 0 Å². The zero-order valence-electron chi connectivity index (χ0n) is 13.7. The highest BCUT2D eigenvalue weighted by molar-refractivity contribution is 5.84. The Morgan fingerprint density at radius 3 is 2.77 bits per heavy atom. The summed E-state index contributed by atoms with van der Waals surface area (Å²) in [4.78, 5) is 12.6. The Morgan fingerprint density at radius 1 is 1.36 bits per heavy atom. The molecule has 2 rings (SSSR count). The summed E-state index contributed by atoms with van der Waals surface area (Å²) in [7, 11) is 0. The highest BCUT2D eigenvalue weighted by Crippen LogP contribution is 2.30. The molecule has 1 aromatic rings. The zero-order valence-corrected chi connectivity index (χ0v) is 13.7. The topological polar surface area (TPSA) is 61.4 Å². The summed E-state index contributed by atoms with van der Waals surface area (Å²) < 4.78 is 0. The van der Waals surface area contributed by atoms with Crippen LogP contribution in [0, 0.1) is 5.41 Å². The summed E-state index contributed by atoms with van der Waals surface area (Å²) in [5, 5.41) is 15.7. The summed E-state index contributed by atoms with van der Waals surface area (Å²) in [5.74, 6) is 0.0383. The van der Waals surface area contributed by atoms with Crippen LogP contribution in [0.1, 0.15) is 50.3 Å². The molecular formula is C18H28N2O2. The second kappa shape index (κ2) is 7.75. The second-order valence-electron chi connectivity index (χ2n) is 6.23. The molecule has 22 heavy (non-hydrogen) atoms. The van der Waals surface area contributed by atoms with Gasteiger partial charge in [0.15, 0.2) is 0 Å². The van der Waals surface area contributed by atoms with Crippen LogP contribution in [0.25, 0.3) is 0 Å². The van der Waals surface area contributed by atoms with E-state index in [1.54, 1.807) is 0 Å². The van der Waals surface area contributed by atoms with E-state index in [1.165, 1.54) is 5.56 Å². The lowest BCUT2D eigenvalue weighted by molar-refractivity contribution is -0.124. The summed E-state index contributed by atoms with van der Waals surface area (Å²) >= 11 is 0. The van der Waals surface area contributed by atoms with E-state index in [4.69, 9.17) is 0 Å². The van der Waals surface area contributed by atoms with Crippen molar-refractivity contribution in [2.45, 2.75) is 45.6 Å². The van der Waals surface area contributed by atoms with Gasteiger partial charge < -0.3 is 15.7 Å². The number of nitrogens with one attached hydrogen (secondary N) is 2. The Morgan fingerprint density at radius 2 is 2.09 bits per heavy atom. The van der Waals surface area contributed by atoms with Gasteiger partial charge in [-0.05, 0) is 42.2 Å². The van der Waals surface area contributed by atoms with Gasteiger partial charge in [0.05, 0.1) is 0 Å². The van der Waals surface area contributed by atoms with E-state index >= 15 is 0 Å². The molecule has 0 bridgehead atoms. The van der Waals surface area contributed by atoms with Crippen LogP contribution in [0.2, 0.25) is 0 Å². The minimum Gasteiger partial charge on any atom is -0.396 e. The third-order valence-electron chi connectivity index (χ3n) is 5.15. The quantitative estimate of drug-likeness (QED) is 0.723. The van der Waals surface area contributed by atoms with Crippen LogP contribution in [-0.2, 0) is 11.2 Å². The van der Waals surface area contributed by atoms with Crippen molar-refractivity contribution in [3.05, 3.63) is 35.4 Å². The fourth-order valence-corrected chi connectivity index (χ4v) is 3.29. The van der Waals surface area contributed by atoms with Gasteiger partial charge in [-0.3, -0.25) is 4.79 Å². The third kappa shape index (κ3) is 3.68. The molecule has 1 amide bonds. The molecule has 0 spiro atoms. The maximum Gasteiger partial charge on any atom is 0.241 e. The highest BCUT2D eigenvalue weighted by Gasteiger charge is 2.30. The molecule has 1 aromatic carbocycles. The molecule has 4 heteroatoms. The van der Waals surface area contributed by atoms with Crippen molar-refractivity contribution in [1.82, 2.24) is 10.6 Å². The largest absolute Gasteiger partial charge is 0.396 e. The number of carbonyl (C=O) groups is 1. The van der Waals surface area contributed by atoms with E-state index in [-0.39, 0.29) is 24.0 Å². The number of hydrogen-bond donors (Lipinski definition) is 3. The van der Waals surface area contributed by atoms with Crippen molar-refractivity contribution >= 4 is 5.91 Å². The van der Waals surface area contributed by atoms with Crippen molar-refractivity contribution in [3.8, 4) is 0 Å². The van der Waals surface area contributed by atoms with Crippen molar-refractivity contribution in [2.75, 3.05) is 19.7 Å². The van der Waals surface area contributed by atoms with Crippen LogP contribution in [0.15, 0.2) is 24.3 Å². The first-order valence-corrected chi connectivity index (χ1v) is 8.35. The standard InChI is InChI=1S/C18H28N2O2/c1-3-18(4-2,10-12-21)13-20-17(22)16-15-8-6-5-7-14(15)9-11-19-16/h5-8,16,19,21H,3-4,9-13H2,1-2H3,(H,20,22). The molecule has 122 valence electrons. The number of carbonyl (C=O) groups excluding carboxylic acids is 1. The molecule has 3 N–H and O–H groups in total. The molecule has 0 saturated heterocycles. The van der Waals surface area contributed by atoms with Crippen LogP contribution in [0.3, 0.4) is 0 Å². The third-order valence-corrected chi connectivity index (χ3v) is 5.15. The monoisotopic (exact) mass is 304 g/mol. The normalized spacial score (nSPS) is 17.9. The molecule has 0 saturated carbocycles.